The van der Waals surface area contributed by atoms with Crippen LogP contribution in [0.2, 0.25) is 0 Å². The second-order valence-corrected chi connectivity index (χ2v) is 7.13. The molecule has 30 heavy (non-hydrogen) atoms. The van der Waals surface area contributed by atoms with Gasteiger partial charge in [0.2, 0.25) is 0 Å². The molecule has 0 spiro atoms. The summed E-state index contributed by atoms with van der Waals surface area (Å²) in [4.78, 5) is 33.0. The van der Waals surface area contributed by atoms with Crippen LogP contribution in [0.15, 0.2) is 47.3 Å². The lowest BCUT2D eigenvalue weighted by Gasteiger charge is -2.14. The summed E-state index contributed by atoms with van der Waals surface area (Å²) in [5.74, 6) is -0.0164. The summed E-state index contributed by atoms with van der Waals surface area (Å²) in [6.45, 7) is 2.12. The van der Waals surface area contributed by atoms with Crippen LogP contribution in [-0.4, -0.2) is 21.8 Å². The molecule has 0 aliphatic heterocycles. The molecule has 0 saturated carbocycles. The van der Waals surface area contributed by atoms with E-state index in [0.29, 0.717) is 12.1 Å². The lowest BCUT2D eigenvalue weighted by molar-refractivity contribution is 0.0931. The minimum Gasteiger partial charge on any atom is -0.469 e. The number of fused-ring (bicyclic) bond motifs is 1. The molecule has 3 aromatic rings. The zero-order chi connectivity index (χ0) is 21.1. The minimum atomic E-state index is -0.402. The first-order chi connectivity index (χ1) is 14.5. The first-order valence-corrected chi connectivity index (χ1v) is 9.51. The Morgan fingerprint density at radius 1 is 1.20 bits per heavy atom. The van der Waals surface area contributed by atoms with Gasteiger partial charge in [-0.25, -0.2) is 9.97 Å². The quantitative estimate of drug-likeness (QED) is 0.678. The lowest BCUT2D eigenvalue weighted by Crippen LogP contribution is -2.29. The van der Waals surface area contributed by atoms with E-state index in [0.717, 1.165) is 35.3 Å². The maximum absolute atomic E-state index is 12.7. The Morgan fingerprint density at radius 3 is 2.73 bits per heavy atom. The van der Waals surface area contributed by atoms with Gasteiger partial charge >= 0.3 is 0 Å². The number of amides is 2. The summed E-state index contributed by atoms with van der Waals surface area (Å²) in [5, 5.41) is 14.7. The molecule has 8 nitrogen and oxygen atoms in total. The zero-order valence-electron chi connectivity index (χ0n) is 16.3. The number of nitriles is 1. The van der Waals surface area contributed by atoms with Gasteiger partial charge in [0.05, 0.1) is 23.9 Å². The van der Waals surface area contributed by atoms with E-state index >= 15 is 0 Å². The van der Waals surface area contributed by atoms with Crippen molar-refractivity contribution in [2.45, 2.75) is 32.4 Å². The molecule has 0 radical (unpaired) electrons. The van der Waals surface area contributed by atoms with Gasteiger partial charge in [0, 0.05) is 18.2 Å². The highest BCUT2D eigenvalue weighted by molar-refractivity contribution is 5.97. The number of carbonyl (C=O) groups excluding carboxylic acids is 2. The molecule has 1 aliphatic carbocycles. The van der Waals surface area contributed by atoms with Crippen LogP contribution in [0.1, 0.15) is 61.5 Å². The van der Waals surface area contributed by atoms with Gasteiger partial charge in [-0.1, -0.05) is 6.07 Å². The van der Waals surface area contributed by atoms with Gasteiger partial charge in [0.1, 0.15) is 23.5 Å². The van der Waals surface area contributed by atoms with Crippen LogP contribution in [0, 0.1) is 18.3 Å². The number of nitrogens with zero attached hydrogens (tertiary/aromatic N) is 3. The van der Waals surface area contributed by atoms with Crippen LogP contribution in [0.25, 0.3) is 0 Å². The van der Waals surface area contributed by atoms with Crippen LogP contribution in [0.4, 0.5) is 0 Å². The van der Waals surface area contributed by atoms with E-state index in [1.807, 2.05) is 25.1 Å². The third-order valence-electron chi connectivity index (χ3n) is 5.03. The summed E-state index contributed by atoms with van der Waals surface area (Å²) in [6, 6.07) is 10.7. The molecule has 4 rings (SSSR count). The monoisotopic (exact) mass is 401 g/mol. The first-order valence-electron chi connectivity index (χ1n) is 9.51. The number of benzene rings is 1. The van der Waals surface area contributed by atoms with E-state index in [1.165, 1.54) is 12.4 Å². The fourth-order valence-electron chi connectivity index (χ4n) is 3.54. The van der Waals surface area contributed by atoms with Gasteiger partial charge in [0.15, 0.2) is 0 Å². The highest BCUT2D eigenvalue weighted by Crippen LogP contribution is 2.31. The summed E-state index contributed by atoms with van der Waals surface area (Å²) in [6.07, 6.45) is 4.32. The zero-order valence-corrected chi connectivity index (χ0v) is 16.3. The van der Waals surface area contributed by atoms with Crippen molar-refractivity contribution in [1.29, 1.82) is 5.26 Å². The number of aromatic nitrogens is 2. The van der Waals surface area contributed by atoms with E-state index < -0.39 is 5.91 Å². The Hall–Kier alpha value is -3.99. The molecule has 2 N–H and O–H groups in total. The van der Waals surface area contributed by atoms with Crippen molar-refractivity contribution in [3.63, 3.8) is 0 Å². The van der Waals surface area contributed by atoms with E-state index in [4.69, 9.17) is 9.68 Å². The molecule has 2 amide bonds. The van der Waals surface area contributed by atoms with Gasteiger partial charge in [-0.3, -0.25) is 9.59 Å². The largest absolute Gasteiger partial charge is 0.469 e. The molecule has 0 unspecified atom stereocenters. The van der Waals surface area contributed by atoms with Crippen molar-refractivity contribution < 1.29 is 14.0 Å². The number of carbonyl (C=O) groups is 2. The van der Waals surface area contributed by atoms with Gasteiger partial charge < -0.3 is 15.1 Å². The average molecular weight is 401 g/mol. The third kappa shape index (κ3) is 4.05. The Labute approximate surface area is 173 Å². The maximum atomic E-state index is 12.7. The average Bonchev–Trinajstić information content (AvgIpc) is 3.37. The topological polar surface area (TPSA) is 121 Å². The maximum Gasteiger partial charge on any atom is 0.270 e. The predicted octanol–water partition coefficient (Wildman–Crippen LogP) is 2.60. The molecule has 1 aliphatic rings. The first kappa shape index (κ1) is 19.3. The van der Waals surface area contributed by atoms with Gasteiger partial charge in [-0.2, -0.15) is 5.26 Å². The number of aryl methyl sites for hydroxylation is 2. The van der Waals surface area contributed by atoms with Gasteiger partial charge in [0.25, 0.3) is 11.8 Å². The molecule has 8 heteroatoms. The fraction of sp³-hybridized carbons (Fsp3) is 0.227. The minimum absolute atomic E-state index is 0.112. The molecular formula is C22H19N5O3. The Morgan fingerprint density at radius 2 is 2.00 bits per heavy atom. The van der Waals surface area contributed by atoms with Crippen LogP contribution >= 0.6 is 0 Å². The number of hydrogen-bond donors (Lipinski definition) is 2. The van der Waals surface area contributed by atoms with Crippen LogP contribution in [0.5, 0.6) is 0 Å². The summed E-state index contributed by atoms with van der Waals surface area (Å²) in [5.41, 5.74) is 3.75. The second-order valence-electron chi connectivity index (χ2n) is 7.13. The molecule has 150 valence electrons. The number of furan rings is 1. The predicted molar refractivity (Wildman–Crippen MR) is 106 cm³/mol. The van der Waals surface area contributed by atoms with Crippen molar-refractivity contribution in [2.75, 3.05) is 0 Å². The van der Waals surface area contributed by atoms with Gasteiger partial charge in [-0.15, -0.1) is 0 Å². The summed E-state index contributed by atoms with van der Waals surface area (Å²) < 4.78 is 5.21. The molecule has 1 aromatic carbocycles. The SMILES string of the molecule is Cc1cc(CNC(=O)c2cc(C(=O)N[C@@H]3CCc4cc(C#N)ccc43)ncn2)co1. The van der Waals surface area contributed by atoms with Crippen LogP contribution in [0.3, 0.4) is 0 Å². The molecule has 1 atom stereocenters. The molecule has 2 aromatic heterocycles. The van der Waals surface area contributed by atoms with E-state index in [2.05, 4.69) is 26.7 Å². The lowest BCUT2D eigenvalue weighted by atomic mass is 10.1. The summed E-state index contributed by atoms with van der Waals surface area (Å²) in [7, 11) is 0. The molecule has 0 bridgehead atoms. The normalized spacial score (nSPS) is 14.6. The highest BCUT2D eigenvalue weighted by atomic mass is 16.3. The van der Waals surface area contributed by atoms with E-state index in [1.54, 1.807) is 12.3 Å². The van der Waals surface area contributed by atoms with Crippen molar-refractivity contribution in [1.82, 2.24) is 20.6 Å². The smallest absolute Gasteiger partial charge is 0.270 e. The fourth-order valence-corrected chi connectivity index (χ4v) is 3.54. The number of nitrogens with one attached hydrogen (secondary N) is 2. The van der Waals surface area contributed by atoms with E-state index in [-0.39, 0.29) is 23.3 Å². The highest BCUT2D eigenvalue weighted by Gasteiger charge is 2.25. The third-order valence-corrected chi connectivity index (χ3v) is 5.03. The summed E-state index contributed by atoms with van der Waals surface area (Å²) >= 11 is 0. The van der Waals surface area contributed by atoms with Crippen molar-refractivity contribution >= 4 is 11.8 Å². The molecular weight excluding hydrogens is 382 g/mol. The van der Waals surface area contributed by atoms with Gasteiger partial charge in [-0.05, 0) is 49.1 Å². The Balaban J connectivity index is 1.42. The van der Waals surface area contributed by atoms with Crippen molar-refractivity contribution in [3.8, 4) is 6.07 Å². The van der Waals surface area contributed by atoms with Crippen molar-refractivity contribution in [3.05, 3.63) is 82.3 Å². The molecule has 0 saturated heterocycles. The standard InChI is InChI=1S/C22H19N5O3/c1-13-6-15(11-30-13)10-24-21(28)19-8-20(26-12-25-19)22(29)27-18-5-3-16-7-14(9-23)2-4-17(16)18/h2,4,6-8,11-12,18H,3,5,10H2,1H3,(H,24,28)(H,27,29)/t18-/m1/s1. The van der Waals surface area contributed by atoms with Crippen LogP contribution < -0.4 is 10.6 Å². The molecule has 2 heterocycles. The Kier molecular flexibility index (Phi) is 5.26. The van der Waals surface area contributed by atoms with Crippen LogP contribution in [-0.2, 0) is 13.0 Å². The number of hydrogen-bond acceptors (Lipinski definition) is 6. The molecule has 0 fully saturated rings. The van der Waals surface area contributed by atoms with E-state index in [9.17, 15) is 9.59 Å². The Bertz CT molecular complexity index is 1160. The van der Waals surface area contributed by atoms with Crippen molar-refractivity contribution in [2.24, 2.45) is 0 Å². The second kappa shape index (κ2) is 8.17. The number of rotatable bonds is 5.